The first-order valence-electron chi connectivity index (χ1n) is 10.8. The smallest absolute Gasteiger partial charge is 0.265 e. The minimum atomic E-state index is -1.42. The largest absolute Gasteiger partial charge is 0.348 e. The Balaban J connectivity index is 0.00000158. The quantitative estimate of drug-likeness (QED) is 0.511. The van der Waals surface area contributed by atoms with Gasteiger partial charge >= 0.3 is 0 Å². The minimum Gasteiger partial charge on any atom is -0.348 e. The van der Waals surface area contributed by atoms with E-state index in [0.717, 1.165) is 10.1 Å². The SMILES string of the molecule is CC.CC1(F)CN(C(=O)Cn2c(=O)c(C(=O)NCc3ccc(Cl)cc3)cc3cc(Br)cnc32)C1. The zero-order valence-corrected chi connectivity index (χ0v) is 21.4. The van der Waals surface area contributed by atoms with E-state index >= 15 is 0 Å². The van der Waals surface area contributed by atoms with E-state index in [-0.39, 0.29) is 37.4 Å². The van der Waals surface area contributed by atoms with Crippen molar-refractivity contribution < 1.29 is 14.0 Å². The number of amides is 2. The second-order valence-electron chi connectivity index (χ2n) is 7.99. The Bertz CT molecular complexity index is 1270. The van der Waals surface area contributed by atoms with Crippen molar-refractivity contribution >= 4 is 50.4 Å². The molecule has 0 radical (unpaired) electrons. The molecule has 1 fully saturated rings. The second-order valence-corrected chi connectivity index (χ2v) is 9.34. The van der Waals surface area contributed by atoms with Gasteiger partial charge in [-0.15, -0.1) is 0 Å². The Kier molecular flexibility index (Phi) is 8.09. The first-order chi connectivity index (χ1) is 16.1. The van der Waals surface area contributed by atoms with Crippen LogP contribution in [0, 0.1) is 0 Å². The van der Waals surface area contributed by atoms with Crippen molar-refractivity contribution in [1.29, 1.82) is 0 Å². The van der Waals surface area contributed by atoms with Gasteiger partial charge in [0.15, 0.2) is 0 Å². The van der Waals surface area contributed by atoms with Crippen LogP contribution in [0.3, 0.4) is 0 Å². The molecule has 1 N–H and O–H groups in total. The zero-order valence-electron chi connectivity index (χ0n) is 19.1. The molecule has 3 heterocycles. The molecule has 0 aliphatic carbocycles. The van der Waals surface area contributed by atoms with Gasteiger partial charge in [0.2, 0.25) is 5.91 Å². The van der Waals surface area contributed by atoms with Gasteiger partial charge < -0.3 is 10.2 Å². The summed E-state index contributed by atoms with van der Waals surface area (Å²) in [5, 5.41) is 3.81. The summed E-state index contributed by atoms with van der Waals surface area (Å²) in [7, 11) is 0. The van der Waals surface area contributed by atoms with Gasteiger partial charge in [0.1, 0.15) is 23.4 Å². The summed E-state index contributed by atoms with van der Waals surface area (Å²) in [4.78, 5) is 44.2. The summed E-state index contributed by atoms with van der Waals surface area (Å²) in [6.07, 6.45) is 1.51. The van der Waals surface area contributed by atoms with Crippen molar-refractivity contribution in [2.75, 3.05) is 13.1 Å². The summed E-state index contributed by atoms with van der Waals surface area (Å²) in [5.41, 5.74) is -1.09. The summed E-state index contributed by atoms with van der Waals surface area (Å²) in [5.74, 6) is -0.986. The number of benzene rings is 1. The third kappa shape index (κ3) is 5.82. The van der Waals surface area contributed by atoms with Gasteiger partial charge in [-0.1, -0.05) is 37.6 Å². The van der Waals surface area contributed by atoms with Crippen LogP contribution >= 0.6 is 27.5 Å². The molecule has 180 valence electrons. The fraction of sp³-hybridized carbons (Fsp3) is 0.333. The molecule has 34 heavy (non-hydrogen) atoms. The molecule has 3 aromatic rings. The Morgan fingerprint density at radius 2 is 1.85 bits per heavy atom. The molecule has 1 saturated heterocycles. The van der Waals surface area contributed by atoms with E-state index < -0.39 is 23.0 Å². The van der Waals surface area contributed by atoms with Gasteiger partial charge in [-0.05, 0) is 52.7 Å². The van der Waals surface area contributed by atoms with Gasteiger partial charge in [0.25, 0.3) is 11.5 Å². The van der Waals surface area contributed by atoms with E-state index in [0.29, 0.717) is 14.9 Å². The van der Waals surface area contributed by atoms with Crippen LogP contribution in [0.15, 0.2) is 51.9 Å². The molecule has 7 nitrogen and oxygen atoms in total. The molecule has 0 unspecified atom stereocenters. The van der Waals surface area contributed by atoms with Crippen LogP contribution in [0.5, 0.6) is 0 Å². The van der Waals surface area contributed by atoms with Crippen molar-refractivity contribution in [3.05, 3.63) is 73.6 Å². The maximum atomic E-state index is 13.8. The first kappa shape index (κ1) is 25.8. The number of aromatic nitrogens is 2. The number of carbonyl (C=O) groups is 2. The molecule has 0 atom stereocenters. The number of nitrogens with one attached hydrogen (secondary N) is 1. The van der Waals surface area contributed by atoms with Gasteiger partial charge in [0, 0.05) is 27.6 Å². The van der Waals surface area contributed by atoms with Crippen LogP contribution in [0.1, 0.15) is 36.7 Å². The summed E-state index contributed by atoms with van der Waals surface area (Å²) in [6, 6.07) is 10.1. The molecule has 2 aromatic heterocycles. The molecular formula is C24H25BrClFN4O3. The highest BCUT2D eigenvalue weighted by molar-refractivity contribution is 9.10. The van der Waals surface area contributed by atoms with Crippen LogP contribution in [-0.4, -0.2) is 45.0 Å². The monoisotopic (exact) mass is 550 g/mol. The van der Waals surface area contributed by atoms with Crippen LogP contribution in [0.4, 0.5) is 4.39 Å². The van der Waals surface area contributed by atoms with E-state index in [1.54, 1.807) is 30.3 Å². The Morgan fingerprint density at radius 1 is 1.21 bits per heavy atom. The number of likely N-dealkylation sites (tertiary alicyclic amines) is 1. The number of hydrogen-bond acceptors (Lipinski definition) is 4. The summed E-state index contributed by atoms with van der Waals surface area (Å²) >= 11 is 9.21. The number of halogens is 3. The van der Waals surface area contributed by atoms with Crippen molar-refractivity contribution in [2.24, 2.45) is 0 Å². The van der Waals surface area contributed by atoms with Crippen molar-refractivity contribution in [3.8, 4) is 0 Å². The van der Waals surface area contributed by atoms with Crippen LogP contribution < -0.4 is 10.9 Å². The van der Waals surface area contributed by atoms with Crippen molar-refractivity contribution in [2.45, 2.75) is 39.5 Å². The maximum Gasteiger partial charge on any atom is 0.265 e. The van der Waals surface area contributed by atoms with Crippen LogP contribution in [0.2, 0.25) is 5.02 Å². The van der Waals surface area contributed by atoms with Crippen LogP contribution in [0.25, 0.3) is 11.0 Å². The van der Waals surface area contributed by atoms with E-state index in [1.165, 1.54) is 24.1 Å². The number of nitrogens with zero attached hydrogens (tertiary/aromatic N) is 3. The van der Waals surface area contributed by atoms with E-state index in [4.69, 9.17) is 11.6 Å². The molecule has 10 heteroatoms. The molecule has 1 aromatic carbocycles. The van der Waals surface area contributed by atoms with Gasteiger partial charge in [-0.25, -0.2) is 9.37 Å². The predicted octanol–water partition coefficient (Wildman–Crippen LogP) is 4.34. The predicted molar refractivity (Wildman–Crippen MR) is 134 cm³/mol. The zero-order chi connectivity index (χ0) is 25.0. The molecule has 0 bridgehead atoms. The fourth-order valence-corrected chi connectivity index (χ4v) is 4.06. The lowest BCUT2D eigenvalue weighted by Crippen LogP contribution is -2.60. The molecule has 4 rings (SSSR count). The number of rotatable bonds is 5. The van der Waals surface area contributed by atoms with Gasteiger partial charge in [-0.2, -0.15) is 0 Å². The van der Waals surface area contributed by atoms with Crippen LogP contribution in [-0.2, 0) is 17.9 Å². The number of fused-ring (bicyclic) bond motifs is 1. The van der Waals surface area contributed by atoms with Gasteiger partial charge in [0.05, 0.1) is 13.1 Å². The maximum absolute atomic E-state index is 13.8. The van der Waals surface area contributed by atoms with Gasteiger partial charge in [-0.3, -0.25) is 19.0 Å². The number of hydrogen-bond donors (Lipinski definition) is 1. The average Bonchev–Trinajstić information content (AvgIpc) is 2.79. The highest BCUT2D eigenvalue weighted by Crippen LogP contribution is 2.25. The average molecular weight is 552 g/mol. The third-order valence-electron chi connectivity index (χ3n) is 5.19. The highest BCUT2D eigenvalue weighted by atomic mass is 79.9. The standard InChI is InChI=1S/C22H19BrClFN4O3.C2H6/c1-22(25)11-28(12-22)18(30)10-29-19-14(6-15(23)9-26-19)7-17(21(29)32)20(31)27-8-13-2-4-16(24)5-3-13;1-2/h2-7,9H,8,10-12H2,1H3,(H,27,31);1-2H3. The molecule has 2 amide bonds. The number of carbonyl (C=O) groups excluding carboxylic acids is 2. The lowest BCUT2D eigenvalue weighted by molar-refractivity contribution is -0.144. The van der Waals surface area contributed by atoms with E-state index in [1.807, 2.05) is 13.8 Å². The molecule has 0 spiro atoms. The third-order valence-corrected chi connectivity index (χ3v) is 5.88. The topological polar surface area (TPSA) is 84.3 Å². The first-order valence-corrected chi connectivity index (χ1v) is 12.0. The minimum absolute atomic E-state index is 0.0290. The fourth-order valence-electron chi connectivity index (χ4n) is 3.59. The normalized spacial score (nSPS) is 14.1. The van der Waals surface area contributed by atoms with E-state index in [9.17, 15) is 18.8 Å². The molecule has 1 aliphatic rings. The lowest BCUT2D eigenvalue weighted by Gasteiger charge is -2.42. The molecule has 1 aliphatic heterocycles. The Labute approximate surface area is 210 Å². The highest BCUT2D eigenvalue weighted by Gasteiger charge is 2.41. The summed E-state index contributed by atoms with van der Waals surface area (Å²) < 4.78 is 15.6. The molecule has 0 saturated carbocycles. The Morgan fingerprint density at radius 3 is 2.47 bits per heavy atom. The molecular weight excluding hydrogens is 527 g/mol. The second kappa shape index (κ2) is 10.7. The van der Waals surface area contributed by atoms with E-state index in [2.05, 4.69) is 26.2 Å². The Hall–Kier alpha value is -2.78. The van der Waals surface area contributed by atoms with Crippen molar-refractivity contribution in [3.63, 3.8) is 0 Å². The lowest BCUT2D eigenvalue weighted by atomic mass is 9.99. The number of alkyl halides is 1. The number of pyridine rings is 2. The summed E-state index contributed by atoms with van der Waals surface area (Å²) in [6.45, 7) is 5.23. The van der Waals surface area contributed by atoms with Crippen molar-refractivity contribution in [1.82, 2.24) is 19.8 Å².